The molecule has 1 aliphatic heterocycles. The summed E-state index contributed by atoms with van der Waals surface area (Å²) in [6, 6.07) is 14.1. The van der Waals surface area contributed by atoms with Crippen LogP contribution < -0.4 is 4.74 Å². The second kappa shape index (κ2) is 8.34. The topological polar surface area (TPSA) is 59.0 Å². The maximum Gasteiger partial charge on any atom is 0.304 e. The molecule has 5 nitrogen and oxygen atoms in total. The van der Waals surface area contributed by atoms with Gasteiger partial charge in [0.05, 0.1) is 19.1 Å². The Labute approximate surface area is 154 Å². The van der Waals surface area contributed by atoms with Gasteiger partial charge in [-0.25, -0.2) is 0 Å². The van der Waals surface area contributed by atoms with Crippen LogP contribution in [0.2, 0.25) is 0 Å². The smallest absolute Gasteiger partial charge is 0.304 e. The predicted molar refractivity (Wildman–Crippen MR) is 99.8 cm³/mol. The van der Waals surface area contributed by atoms with Crippen LogP contribution in [0.1, 0.15) is 29.2 Å². The summed E-state index contributed by atoms with van der Waals surface area (Å²) in [5, 5.41) is 8.84. The SMILES string of the molecule is Cc1ccc(Oc2ccc(C3CN(CCC(=O)O)CCO3)cc2)c(C)c1. The summed E-state index contributed by atoms with van der Waals surface area (Å²) in [5.74, 6) is 0.886. The van der Waals surface area contributed by atoms with Crippen molar-refractivity contribution in [3.8, 4) is 11.5 Å². The maximum atomic E-state index is 10.8. The number of aliphatic carboxylic acids is 1. The molecule has 1 heterocycles. The van der Waals surface area contributed by atoms with Gasteiger partial charge in [0.15, 0.2) is 0 Å². The molecule has 2 aromatic carbocycles. The zero-order valence-electron chi connectivity index (χ0n) is 15.3. The van der Waals surface area contributed by atoms with Crippen LogP contribution in [0, 0.1) is 13.8 Å². The van der Waals surface area contributed by atoms with Crippen molar-refractivity contribution in [1.82, 2.24) is 4.90 Å². The molecule has 2 aromatic rings. The number of aryl methyl sites for hydroxylation is 2. The van der Waals surface area contributed by atoms with Crippen molar-refractivity contribution in [1.29, 1.82) is 0 Å². The number of hydrogen-bond donors (Lipinski definition) is 1. The van der Waals surface area contributed by atoms with Gasteiger partial charge in [0.25, 0.3) is 0 Å². The van der Waals surface area contributed by atoms with Crippen molar-refractivity contribution < 1.29 is 19.4 Å². The average molecular weight is 355 g/mol. The van der Waals surface area contributed by atoms with Crippen molar-refractivity contribution in [2.75, 3.05) is 26.2 Å². The van der Waals surface area contributed by atoms with Gasteiger partial charge in [0.2, 0.25) is 0 Å². The van der Waals surface area contributed by atoms with E-state index in [2.05, 4.69) is 17.9 Å². The first-order valence-corrected chi connectivity index (χ1v) is 8.92. The number of morpholine rings is 1. The lowest BCUT2D eigenvalue weighted by molar-refractivity contribution is -0.137. The molecule has 1 atom stereocenters. The van der Waals surface area contributed by atoms with E-state index in [-0.39, 0.29) is 12.5 Å². The van der Waals surface area contributed by atoms with Crippen LogP contribution in [0.15, 0.2) is 42.5 Å². The number of hydrogen-bond acceptors (Lipinski definition) is 4. The van der Waals surface area contributed by atoms with Crippen molar-refractivity contribution in [2.24, 2.45) is 0 Å². The van der Waals surface area contributed by atoms with Crippen LogP contribution >= 0.6 is 0 Å². The van der Waals surface area contributed by atoms with Gasteiger partial charge in [-0.1, -0.05) is 29.8 Å². The Morgan fingerprint density at radius 3 is 2.69 bits per heavy atom. The quantitative estimate of drug-likeness (QED) is 0.850. The second-order valence-electron chi connectivity index (χ2n) is 6.74. The Hall–Kier alpha value is -2.37. The summed E-state index contributed by atoms with van der Waals surface area (Å²) in [4.78, 5) is 12.9. The molecule has 26 heavy (non-hydrogen) atoms. The molecule has 0 bridgehead atoms. The first kappa shape index (κ1) is 18.4. The Kier molecular flexibility index (Phi) is 5.91. The first-order valence-electron chi connectivity index (χ1n) is 8.92. The molecule has 0 spiro atoms. The van der Waals surface area contributed by atoms with Crippen LogP contribution in [0.4, 0.5) is 0 Å². The van der Waals surface area contributed by atoms with Gasteiger partial charge in [-0.2, -0.15) is 0 Å². The Balaban J connectivity index is 1.62. The number of carbonyl (C=O) groups is 1. The molecule has 1 saturated heterocycles. The lowest BCUT2D eigenvalue weighted by Crippen LogP contribution is -2.39. The third-order valence-electron chi connectivity index (χ3n) is 4.60. The normalized spacial score (nSPS) is 17.8. The zero-order valence-corrected chi connectivity index (χ0v) is 15.3. The Morgan fingerprint density at radius 2 is 2.00 bits per heavy atom. The molecule has 0 saturated carbocycles. The van der Waals surface area contributed by atoms with Crippen molar-refractivity contribution in [2.45, 2.75) is 26.4 Å². The fourth-order valence-corrected chi connectivity index (χ4v) is 3.15. The van der Waals surface area contributed by atoms with Gasteiger partial charge < -0.3 is 14.6 Å². The summed E-state index contributed by atoms with van der Waals surface area (Å²) in [6.45, 7) is 6.77. The molecule has 5 heteroatoms. The average Bonchev–Trinajstić information content (AvgIpc) is 2.63. The lowest BCUT2D eigenvalue weighted by atomic mass is 10.1. The van der Waals surface area contributed by atoms with Crippen molar-refractivity contribution in [3.05, 3.63) is 59.2 Å². The molecule has 0 amide bonds. The number of ether oxygens (including phenoxy) is 2. The molecule has 1 unspecified atom stereocenters. The summed E-state index contributed by atoms with van der Waals surface area (Å²) in [5.41, 5.74) is 3.41. The Morgan fingerprint density at radius 1 is 1.23 bits per heavy atom. The Bertz CT molecular complexity index is 757. The standard InChI is InChI=1S/C21H25NO4/c1-15-3-8-19(16(2)13-15)26-18-6-4-17(5-7-18)20-14-22(11-12-25-20)10-9-21(23)24/h3-8,13,20H,9-12,14H2,1-2H3,(H,23,24). The maximum absolute atomic E-state index is 10.8. The van der Waals surface area contributed by atoms with E-state index in [1.165, 1.54) is 5.56 Å². The number of nitrogens with zero attached hydrogens (tertiary/aromatic N) is 1. The highest BCUT2D eigenvalue weighted by Gasteiger charge is 2.22. The van der Waals surface area contributed by atoms with Crippen molar-refractivity contribution >= 4 is 5.97 Å². The minimum atomic E-state index is -0.763. The second-order valence-corrected chi connectivity index (χ2v) is 6.74. The van der Waals surface area contributed by atoms with Gasteiger partial charge >= 0.3 is 5.97 Å². The summed E-state index contributed by atoms with van der Waals surface area (Å²) >= 11 is 0. The molecule has 0 aromatic heterocycles. The molecular formula is C21H25NO4. The molecule has 1 fully saturated rings. The lowest BCUT2D eigenvalue weighted by Gasteiger charge is -2.32. The highest BCUT2D eigenvalue weighted by Crippen LogP contribution is 2.28. The largest absolute Gasteiger partial charge is 0.481 e. The minimum Gasteiger partial charge on any atom is -0.481 e. The monoisotopic (exact) mass is 355 g/mol. The van der Waals surface area contributed by atoms with E-state index in [0.29, 0.717) is 19.7 Å². The fraction of sp³-hybridized carbons (Fsp3) is 0.381. The van der Waals surface area contributed by atoms with E-state index in [1.807, 2.05) is 43.3 Å². The van der Waals surface area contributed by atoms with Gasteiger partial charge in [-0.05, 0) is 43.2 Å². The summed E-state index contributed by atoms with van der Waals surface area (Å²) in [7, 11) is 0. The molecular weight excluding hydrogens is 330 g/mol. The fourth-order valence-electron chi connectivity index (χ4n) is 3.15. The van der Waals surface area contributed by atoms with Crippen LogP contribution in [0.25, 0.3) is 0 Å². The van der Waals surface area contributed by atoms with E-state index in [1.54, 1.807) is 0 Å². The number of carboxylic acids is 1. The zero-order chi connectivity index (χ0) is 18.5. The van der Waals surface area contributed by atoms with Gasteiger partial charge in [-0.15, -0.1) is 0 Å². The van der Waals surface area contributed by atoms with E-state index >= 15 is 0 Å². The third kappa shape index (κ3) is 4.84. The van der Waals surface area contributed by atoms with Crippen LogP contribution in [0.3, 0.4) is 0 Å². The van der Waals surface area contributed by atoms with Gasteiger partial charge in [0.1, 0.15) is 11.5 Å². The summed E-state index contributed by atoms with van der Waals surface area (Å²) < 4.78 is 11.8. The van der Waals surface area contributed by atoms with E-state index in [0.717, 1.165) is 29.2 Å². The van der Waals surface area contributed by atoms with Gasteiger partial charge in [-0.3, -0.25) is 9.69 Å². The number of carboxylic acid groups (broad SMARTS) is 1. The highest BCUT2D eigenvalue weighted by molar-refractivity contribution is 5.66. The summed E-state index contributed by atoms with van der Waals surface area (Å²) in [6.07, 6.45) is 0.128. The molecule has 0 aliphatic carbocycles. The number of rotatable bonds is 6. The van der Waals surface area contributed by atoms with E-state index in [9.17, 15) is 4.79 Å². The minimum absolute atomic E-state index is 0.0345. The van der Waals surface area contributed by atoms with E-state index < -0.39 is 5.97 Å². The first-order chi connectivity index (χ1) is 12.5. The third-order valence-corrected chi connectivity index (χ3v) is 4.60. The van der Waals surface area contributed by atoms with Crippen LogP contribution in [0.5, 0.6) is 11.5 Å². The molecule has 1 N–H and O–H groups in total. The van der Waals surface area contributed by atoms with Crippen LogP contribution in [-0.4, -0.2) is 42.2 Å². The van der Waals surface area contributed by atoms with E-state index in [4.69, 9.17) is 14.6 Å². The molecule has 1 aliphatic rings. The van der Waals surface area contributed by atoms with Crippen LogP contribution in [-0.2, 0) is 9.53 Å². The predicted octanol–water partition coefficient (Wildman–Crippen LogP) is 3.94. The van der Waals surface area contributed by atoms with Gasteiger partial charge in [0, 0.05) is 19.6 Å². The molecule has 3 rings (SSSR count). The number of benzene rings is 2. The molecule has 138 valence electrons. The molecule has 0 radical (unpaired) electrons. The highest BCUT2D eigenvalue weighted by atomic mass is 16.5. The van der Waals surface area contributed by atoms with Crippen molar-refractivity contribution in [3.63, 3.8) is 0 Å².